The molecule has 2 aliphatic heterocycles. The van der Waals surface area contributed by atoms with E-state index in [9.17, 15) is 17.6 Å². The molecule has 180 valence electrons. The monoisotopic (exact) mass is 475 g/mol. The average Bonchev–Trinajstić information content (AvgIpc) is 2.83. The summed E-state index contributed by atoms with van der Waals surface area (Å²) in [5.41, 5.74) is 0.904. The number of hydrogen-bond acceptors (Lipinski definition) is 6. The van der Waals surface area contributed by atoms with Gasteiger partial charge in [-0.1, -0.05) is 12.1 Å². The van der Waals surface area contributed by atoms with E-state index >= 15 is 0 Å². The van der Waals surface area contributed by atoms with Gasteiger partial charge in [0.1, 0.15) is 5.82 Å². The number of halogens is 4. The fourth-order valence-electron chi connectivity index (χ4n) is 4.75. The summed E-state index contributed by atoms with van der Waals surface area (Å²) in [5, 5.41) is 12.1. The number of ether oxygens (including phenoxy) is 1. The summed E-state index contributed by atoms with van der Waals surface area (Å²) in [5.74, 6) is -1.27. The molecule has 2 aliphatic rings. The van der Waals surface area contributed by atoms with Gasteiger partial charge in [-0.05, 0) is 31.2 Å². The van der Waals surface area contributed by atoms with Crippen LogP contribution in [0.3, 0.4) is 0 Å². The Balaban J connectivity index is 1.42. The van der Waals surface area contributed by atoms with Crippen molar-refractivity contribution in [1.29, 1.82) is 0 Å². The molecule has 0 spiro atoms. The number of morpholine rings is 1. The Morgan fingerprint density at radius 1 is 1.15 bits per heavy atom. The third-order valence-electron chi connectivity index (χ3n) is 6.60. The highest BCUT2D eigenvalue weighted by atomic mass is 19.4. The molecule has 1 aromatic heterocycles. The van der Waals surface area contributed by atoms with E-state index in [2.05, 4.69) is 25.3 Å². The lowest BCUT2D eigenvalue weighted by molar-refractivity contribution is -0.140. The third kappa shape index (κ3) is 4.39. The van der Waals surface area contributed by atoms with Crippen LogP contribution in [-0.4, -0.2) is 60.5 Å². The predicted octanol–water partition coefficient (Wildman–Crippen LogP) is 4.48. The number of aromatic nitrogens is 2. The van der Waals surface area contributed by atoms with Crippen LogP contribution in [0.2, 0.25) is 0 Å². The average molecular weight is 475 g/mol. The van der Waals surface area contributed by atoms with Crippen molar-refractivity contribution in [2.75, 3.05) is 49.6 Å². The number of anilines is 2. The van der Waals surface area contributed by atoms with Crippen LogP contribution in [0.15, 0.2) is 42.6 Å². The summed E-state index contributed by atoms with van der Waals surface area (Å²) in [7, 11) is 0. The Hall–Kier alpha value is -2.98. The van der Waals surface area contributed by atoms with Crippen molar-refractivity contribution in [3.63, 3.8) is 0 Å². The maximum absolute atomic E-state index is 14.7. The van der Waals surface area contributed by atoms with E-state index in [-0.39, 0.29) is 5.56 Å². The zero-order chi connectivity index (χ0) is 23.9. The summed E-state index contributed by atoms with van der Waals surface area (Å²) < 4.78 is 59.8. The van der Waals surface area contributed by atoms with Crippen LogP contribution >= 0.6 is 0 Å². The highest BCUT2D eigenvalue weighted by Gasteiger charge is 2.35. The van der Waals surface area contributed by atoms with E-state index in [0.717, 1.165) is 49.9 Å². The van der Waals surface area contributed by atoms with Crippen molar-refractivity contribution >= 4 is 22.3 Å². The van der Waals surface area contributed by atoms with E-state index < -0.39 is 23.6 Å². The van der Waals surface area contributed by atoms with Crippen LogP contribution in [0.25, 0.3) is 10.9 Å². The molecule has 10 heteroatoms. The van der Waals surface area contributed by atoms with E-state index in [0.29, 0.717) is 23.9 Å². The number of alkyl halides is 3. The van der Waals surface area contributed by atoms with Crippen LogP contribution < -0.4 is 10.2 Å². The first kappa shape index (κ1) is 22.8. The Bertz CT molecular complexity index is 1190. The molecule has 0 bridgehead atoms. The van der Waals surface area contributed by atoms with Gasteiger partial charge in [0.05, 0.1) is 48.3 Å². The van der Waals surface area contributed by atoms with Gasteiger partial charge in [0, 0.05) is 42.8 Å². The number of piperazine rings is 1. The first-order valence-electron chi connectivity index (χ1n) is 11.3. The summed E-state index contributed by atoms with van der Waals surface area (Å²) in [6.45, 7) is 6.74. The molecular formula is C24H25F4N5O. The Labute approximate surface area is 194 Å². The molecule has 6 nitrogen and oxygen atoms in total. The molecule has 0 amide bonds. The second-order valence-electron chi connectivity index (χ2n) is 8.74. The molecule has 34 heavy (non-hydrogen) atoms. The van der Waals surface area contributed by atoms with Gasteiger partial charge in [-0.2, -0.15) is 23.4 Å². The summed E-state index contributed by atoms with van der Waals surface area (Å²) >= 11 is 0. The number of nitrogens with one attached hydrogen (secondary N) is 1. The molecular weight excluding hydrogens is 450 g/mol. The standard InChI is InChI=1S/C24H25F4N5O/c1-15(18-3-2-4-20(23(18)25)24(26,27)28)30-22-12-29-31-21-6-5-16(11-19(21)22)33-8-7-32-9-10-34-14-17(32)13-33/h2-6,11-12,15,17H,7-10,13-14H2,1H3,(H,30,31)/t15-,17+/m1/s1. The summed E-state index contributed by atoms with van der Waals surface area (Å²) in [4.78, 5) is 4.75. The Kier molecular flexibility index (Phi) is 6.03. The molecule has 5 rings (SSSR count). The first-order valence-corrected chi connectivity index (χ1v) is 11.3. The molecule has 2 aromatic carbocycles. The van der Waals surface area contributed by atoms with Gasteiger partial charge in [0.2, 0.25) is 0 Å². The lowest BCUT2D eigenvalue weighted by Crippen LogP contribution is -2.58. The van der Waals surface area contributed by atoms with Crippen LogP contribution in [0.4, 0.5) is 28.9 Å². The van der Waals surface area contributed by atoms with Gasteiger partial charge in [0.25, 0.3) is 0 Å². The number of nitrogens with zero attached hydrogens (tertiary/aromatic N) is 4. The fraction of sp³-hybridized carbons (Fsp3) is 0.417. The van der Waals surface area contributed by atoms with E-state index in [4.69, 9.17) is 4.74 Å². The van der Waals surface area contributed by atoms with Crippen molar-refractivity contribution in [3.8, 4) is 0 Å². The lowest BCUT2D eigenvalue weighted by Gasteiger charge is -2.44. The summed E-state index contributed by atoms with van der Waals surface area (Å²) in [6, 6.07) is 8.82. The van der Waals surface area contributed by atoms with Crippen molar-refractivity contribution in [2.24, 2.45) is 0 Å². The highest BCUT2D eigenvalue weighted by molar-refractivity contribution is 5.93. The Morgan fingerprint density at radius 2 is 2.00 bits per heavy atom. The van der Waals surface area contributed by atoms with Crippen molar-refractivity contribution < 1.29 is 22.3 Å². The van der Waals surface area contributed by atoms with Crippen molar-refractivity contribution in [3.05, 3.63) is 59.5 Å². The van der Waals surface area contributed by atoms with Gasteiger partial charge in [0.15, 0.2) is 0 Å². The minimum Gasteiger partial charge on any atom is -0.378 e. The number of fused-ring (bicyclic) bond motifs is 2. The molecule has 3 heterocycles. The zero-order valence-electron chi connectivity index (χ0n) is 18.6. The SMILES string of the molecule is C[C@@H](Nc1cnnc2ccc(N3CCN4CCOC[C@@H]4C3)cc12)c1cccc(C(F)(F)F)c1F. The maximum Gasteiger partial charge on any atom is 0.419 e. The zero-order valence-corrected chi connectivity index (χ0v) is 18.6. The molecule has 0 unspecified atom stereocenters. The molecule has 2 fully saturated rings. The van der Waals surface area contributed by atoms with Crippen molar-refractivity contribution in [2.45, 2.75) is 25.2 Å². The predicted molar refractivity (Wildman–Crippen MR) is 121 cm³/mol. The van der Waals surface area contributed by atoms with Crippen LogP contribution in [-0.2, 0) is 10.9 Å². The molecule has 0 aliphatic carbocycles. The fourth-order valence-corrected chi connectivity index (χ4v) is 4.75. The number of rotatable bonds is 4. The molecule has 2 atom stereocenters. The highest BCUT2D eigenvalue weighted by Crippen LogP contribution is 2.35. The molecule has 0 saturated carbocycles. The lowest BCUT2D eigenvalue weighted by atomic mass is 10.0. The van der Waals surface area contributed by atoms with E-state index in [1.165, 1.54) is 18.3 Å². The molecule has 2 saturated heterocycles. The molecule has 0 radical (unpaired) electrons. The van der Waals surface area contributed by atoms with Crippen LogP contribution in [0, 0.1) is 5.82 Å². The molecule has 3 aromatic rings. The third-order valence-corrected chi connectivity index (χ3v) is 6.60. The van der Waals surface area contributed by atoms with Crippen LogP contribution in [0.1, 0.15) is 24.1 Å². The second kappa shape index (κ2) is 8.99. The largest absolute Gasteiger partial charge is 0.419 e. The topological polar surface area (TPSA) is 53.5 Å². The van der Waals surface area contributed by atoms with Gasteiger partial charge < -0.3 is 15.0 Å². The van der Waals surface area contributed by atoms with Gasteiger partial charge in [-0.15, -0.1) is 0 Å². The quantitative estimate of drug-likeness (QED) is 0.562. The Morgan fingerprint density at radius 3 is 2.82 bits per heavy atom. The van der Waals surface area contributed by atoms with Gasteiger partial charge in [-0.3, -0.25) is 4.90 Å². The second-order valence-corrected chi connectivity index (χ2v) is 8.74. The number of benzene rings is 2. The van der Waals surface area contributed by atoms with Gasteiger partial charge >= 0.3 is 6.18 Å². The van der Waals surface area contributed by atoms with Gasteiger partial charge in [-0.25, -0.2) is 4.39 Å². The maximum atomic E-state index is 14.7. The van der Waals surface area contributed by atoms with E-state index in [1.54, 1.807) is 6.92 Å². The minimum atomic E-state index is -4.76. The summed E-state index contributed by atoms with van der Waals surface area (Å²) in [6.07, 6.45) is -3.24. The smallest absolute Gasteiger partial charge is 0.378 e. The molecule has 1 N–H and O–H groups in total. The van der Waals surface area contributed by atoms with E-state index in [1.807, 2.05) is 18.2 Å². The normalized spacial score (nSPS) is 20.3. The van der Waals surface area contributed by atoms with Crippen molar-refractivity contribution in [1.82, 2.24) is 15.1 Å². The van der Waals surface area contributed by atoms with Crippen LogP contribution in [0.5, 0.6) is 0 Å². The number of hydrogen-bond donors (Lipinski definition) is 1. The first-order chi connectivity index (χ1) is 16.3. The minimum absolute atomic E-state index is 0.0654.